The zero-order chi connectivity index (χ0) is 13.4. The number of ether oxygens (including phenoxy) is 1. The number of aliphatic hydroxyl groups is 1. The van der Waals surface area contributed by atoms with Crippen LogP contribution in [-0.4, -0.2) is 48.0 Å². The van der Waals surface area contributed by atoms with E-state index in [1.165, 1.54) is 0 Å². The number of hydrogen-bond acceptors (Lipinski definition) is 6. The minimum absolute atomic E-state index is 0.304. The van der Waals surface area contributed by atoms with E-state index in [0.717, 1.165) is 24.6 Å². The van der Waals surface area contributed by atoms with Gasteiger partial charge in [-0.25, -0.2) is 9.97 Å². The maximum Gasteiger partial charge on any atom is 0.132 e. The highest BCUT2D eigenvalue weighted by atomic mass is 16.5. The van der Waals surface area contributed by atoms with Crippen molar-refractivity contribution in [1.82, 2.24) is 9.97 Å². The third kappa shape index (κ3) is 4.85. The van der Waals surface area contributed by atoms with Crippen LogP contribution in [0.2, 0.25) is 0 Å². The van der Waals surface area contributed by atoms with Gasteiger partial charge in [-0.1, -0.05) is 6.92 Å². The van der Waals surface area contributed by atoms with Crippen LogP contribution >= 0.6 is 0 Å². The maximum atomic E-state index is 9.56. The number of aryl methyl sites for hydroxylation is 1. The molecular formula is C12H22N4O2. The average molecular weight is 254 g/mol. The Bertz CT molecular complexity index is 360. The van der Waals surface area contributed by atoms with Gasteiger partial charge >= 0.3 is 0 Å². The molecule has 0 spiro atoms. The van der Waals surface area contributed by atoms with E-state index >= 15 is 0 Å². The van der Waals surface area contributed by atoms with E-state index in [1.807, 2.05) is 19.9 Å². The van der Waals surface area contributed by atoms with Gasteiger partial charge in [-0.2, -0.15) is 0 Å². The van der Waals surface area contributed by atoms with E-state index in [1.54, 1.807) is 7.11 Å². The van der Waals surface area contributed by atoms with Crippen molar-refractivity contribution in [2.75, 3.05) is 37.4 Å². The van der Waals surface area contributed by atoms with Crippen molar-refractivity contribution in [2.45, 2.75) is 26.4 Å². The molecule has 0 amide bonds. The Hall–Kier alpha value is -1.40. The molecule has 18 heavy (non-hydrogen) atoms. The standard InChI is InChI=1S/C12H22N4O2/c1-4-10-15-11(13-5-2)6-12(16-10)14-7-9(17)8-18-3/h6,9,17H,4-5,7-8H2,1-3H3,(H2,13,14,15,16). The summed E-state index contributed by atoms with van der Waals surface area (Å²) < 4.78 is 4.86. The fraction of sp³-hybridized carbons (Fsp3) is 0.667. The van der Waals surface area contributed by atoms with Gasteiger partial charge in [-0.3, -0.25) is 0 Å². The van der Waals surface area contributed by atoms with E-state index < -0.39 is 6.10 Å². The summed E-state index contributed by atoms with van der Waals surface area (Å²) in [5, 5.41) is 15.8. The van der Waals surface area contributed by atoms with Crippen LogP contribution in [0, 0.1) is 0 Å². The topological polar surface area (TPSA) is 79.3 Å². The Morgan fingerprint density at radius 1 is 1.28 bits per heavy atom. The minimum atomic E-state index is -0.544. The van der Waals surface area contributed by atoms with Crippen LogP contribution in [0.1, 0.15) is 19.7 Å². The first-order valence-corrected chi connectivity index (χ1v) is 6.22. The van der Waals surface area contributed by atoms with E-state index in [9.17, 15) is 5.11 Å². The van der Waals surface area contributed by atoms with Crippen molar-refractivity contribution in [1.29, 1.82) is 0 Å². The number of nitrogens with one attached hydrogen (secondary N) is 2. The number of aliphatic hydroxyl groups excluding tert-OH is 1. The van der Waals surface area contributed by atoms with Crippen LogP contribution in [0.4, 0.5) is 11.6 Å². The molecule has 0 fully saturated rings. The summed E-state index contributed by atoms with van der Waals surface area (Å²) in [6.45, 7) is 5.54. The van der Waals surface area contributed by atoms with Crippen molar-refractivity contribution in [3.05, 3.63) is 11.9 Å². The highest BCUT2D eigenvalue weighted by Gasteiger charge is 2.06. The second-order valence-corrected chi connectivity index (χ2v) is 3.93. The Morgan fingerprint density at radius 3 is 2.50 bits per heavy atom. The largest absolute Gasteiger partial charge is 0.389 e. The normalized spacial score (nSPS) is 12.2. The van der Waals surface area contributed by atoms with Crippen molar-refractivity contribution in [3.8, 4) is 0 Å². The van der Waals surface area contributed by atoms with Crippen LogP contribution in [0.5, 0.6) is 0 Å². The van der Waals surface area contributed by atoms with Crippen LogP contribution in [0.3, 0.4) is 0 Å². The first kappa shape index (κ1) is 14.7. The number of rotatable bonds is 8. The van der Waals surface area contributed by atoms with Crippen molar-refractivity contribution in [3.63, 3.8) is 0 Å². The number of hydrogen-bond donors (Lipinski definition) is 3. The lowest BCUT2D eigenvalue weighted by Crippen LogP contribution is -2.24. The van der Waals surface area contributed by atoms with Gasteiger partial charge in [0.1, 0.15) is 17.5 Å². The lowest BCUT2D eigenvalue weighted by atomic mass is 10.3. The second-order valence-electron chi connectivity index (χ2n) is 3.93. The minimum Gasteiger partial charge on any atom is -0.389 e. The van der Waals surface area contributed by atoms with Crippen molar-refractivity contribution < 1.29 is 9.84 Å². The molecule has 1 unspecified atom stereocenters. The third-order valence-corrected chi connectivity index (χ3v) is 2.32. The van der Waals surface area contributed by atoms with Crippen LogP contribution in [0.25, 0.3) is 0 Å². The van der Waals surface area contributed by atoms with Crippen LogP contribution < -0.4 is 10.6 Å². The highest BCUT2D eigenvalue weighted by Crippen LogP contribution is 2.11. The summed E-state index contributed by atoms with van der Waals surface area (Å²) >= 11 is 0. The van der Waals surface area contributed by atoms with E-state index in [-0.39, 0.29) is 0 Å². The Morgan fingerprint density at radius 2 is 1.94 bits per heavy atom. The predicted molar refractivity (Wildman–Crippen MR) is 71.9 cm³/mol. The predicted octanol–water partition coefficient (Wildman–Crippen LogP) is 0.890. The quantitative estimate of drug-likeness (QED) is 0.639. The summed E-state index contributed by atoms with van der Waals surface area (Å²) in [7, 11) is 1.56. The third-order valence-electron chi connectivity index (χ3n) is 2.32. The number of aromatic nitrogens is 2. The Labute approximate surface area is 108 Å². The fourth-order valence-corrected chi connectivity index (χ4v) is 1.49. The summed E-state index contributed by atoms with van der Waals surface area (Å²) in [6, 6.07) is 1.84. The summed E-state index contributed by atoms with van der Waals surface area (Å²) in [6.07, 6.45) is 0.228. The van der Waals surface area contributed by atoms with Crippen molar-refractivity contribution >= 4 is 11.6 Å². The molecule has 0 aliphatic rings. The molecule has 1 atom stereocenters. The Kier molecular flexibility index (Phi) is 6.38. The van der Waals surface area contributed by atoms with Gasteiger partial charge < -0.3 is 20.5 Å². The molecule has 0 radical (unpaired) electrons. The zero-order valence-corrected chi connectivity index (χ0v) is 11.2. The van der Waals surface area contributed by atoms with Crippen LogP contribution in [0.15, 0.2) is 6.07 Å². The summed E-state index contributed by atoms with van der Waals surface area (Å²) in [4.78, 5) is 8.71. The molecule has 0 aromatic carbocycles. The van der Waals surface area contributed by atoms with E-state index in [0.29, 0.717) is 19.0 Å². The van der Waals surface area contributed by atoms with Crippen LogP contribution in [-0.2, 0) is 11.2 Å². The number of anilines is 2. The zero-order valence-electron chi connectivity index (χ0n) is 11.2. The molecule has 1 aromatic rings. The van der Waals surface area contributed by atoms with Gasteiger partial charge in [0.15, 0.2) is 0 Å². The molecule has 0 saturated heterocycles. The van der Waals surface area contributed by atoms with Crippen molar-refractivity contribution in [2.24, 2.45) is 0 Å². The second kappa shape index (κ2) is 7.84. The van der Waals surface area contributed by atoms with Gasteiger partial charge in [-0.05, 0) is 6.92 Å². The Balaban J connectivity index is 2.65. The molecule has 3 N–H and O–H groups in total. The SMILES string of the molecule is CCNc1cc(NCC(O)COC)nc(CC)n1. The monoisotopic (exact) mass is 254 g/mol. The number of nitrogens with zero attached hydrogens (tertiary/aromatic N) is 2. The molecule has 1 aromatic heterocycles. The first-order chi connectivity index (χ1) is 8.69. The molecule has 6 nitrogen and oxygen atoms in total. The number of methoxy groups -OCH3 is 1. The van der Waals surface area contributed by atoms with Gasteiger partial charge in [0.25, 0.3) is 0 Å². The van der Waals surface area contributed by atoms with Gasteiger partial charge in [0.05, 0.1) is 12.7 Å². The highest BCUT2D eigenvalue weighted by molar-refractivity contribution is 5.47. The van der Waals surface area contributed by atoms with Gasteiger partial charge in [-0.15, -0.1) is 0 Å². The molecule has 6 heteroatoms. The fourth-order valence-electron chi connectivity index (χ4n) is 1.49. The lowest BCUT2D eigenvalue weighted by molar-refractivity contribution is 0.0727. The van der Waals surface area contributed by atoms with E-state index in [4.69, 9.17) is 4.74 Å². The maximum absolute atomic E-state index is 9.56. The first-order valence-electron chi connectivity index (χ1n) is 6.22. The molecule has 0 aliphatic heterocycles. The summed E-state index contributed by atoms with van der Waals surface area (Å²) in [5.74, 6) is 2.29. The summed E-state index contributed by atoms with van der Waals surface area (Å²) in [5.41, 5.74) is 0. The molecule has 0 aliphatic carbocycles. The van der Waals surface area contributed by atoms with Gasteiger partial charge in [0, 0.05) is 32.7 Å². The van der Waals surface area contributed by atoms with Gasteiger partial charge in [0.2, 0.25) is 0 Å². The smallest absolute Gasteiger partial charge is 0.132 e. The molecule has 1 rings (SSSR count). The molecule has 102 valence electrons. The average Bonchev–Trinajstić information content (AvgIpc) is 2.37. The van der Waals surface area contributed by atoms with E-state index in [2.05, 4.69) is 20.6 Å². The molecule has 0 bridgehead atoms. The molecule has 0 saturated carbocycles. The molecular weight excluding hydrogens is 232 g/mol. The molecule has 1 heterocycles. The lowest BCUT2D eigenvalue weighted by Gasteiger charge is -2.13.